The van der Waals surface area contributed by atoms with Gasteiger partial charge in [-0.2, -0.15) is 0 Å². The molecule has 0 saturated carbocycles. The molecule has 0 aromatic heterocycles. The fourth-order valence-corrected chi connectivity index (χ4v) is 7.81. The second kappa shape index (κ2) is 27.7. The molecule has 10 nitrogen and oxygen atoms in total. The number of rotatable bonds is 30. The molecule has 0 aliphatic carbocycles. The minimum Gasteiger partial charge on any atom is -0.494 e. The van der Waals surface area contributed by atoms with Crippen LogP contribution in [0.1, 0.15) is 199 Å². The first-order chi connectivity index (χ1) is 35.8. The van der Waals surface area contributed by atoms with Crippen molar-refractivity contribution in [2.75, 3.05) is 39.6 Å². The topological polar surface area (TPSA) is 92.3 Å². The van der Waals surface area contributed by atoms with Gasteiger partial charge in [0.2, 0.25) is 0 Å². The molecule has 2 aliphatic heterocycles. The van der Waals surface area contributed by atoms with Crippen molar-refractivity contribution in [3.8, 4) is 34.5 Å². The first kappa shape index (κ1) is 62.7. The van der Waals surface area contributed by atoms with Gasteiger partial charge in [0.15, 0.2) is 0 Å². The molecular formula is C64H100B2O10. The maximum Gasteiger partial charge on any atom is 0.498 e. The summed E-state index contributed by atoms with van der Waals surface area (Å²) in [5.41, 5.74) is 3.04. The van der Waals surface area contributed by atoms with E-state index >= 15 is 0 Å². The van der Waals surface area contributed by atoms with E-state index in [1.807, 2.05) is 0 Å². The predicted octanol–water partition coefficient (Wildman–Crippen LogP) is 15.2. The zero-order valence-electron chi connectivity index (χ0n) is 51.0. The van der Waals surface area contributed by atoms with Gasteiger partial charge < -0.3 is 47.0 Å². The number of hydrogen-bond acceptors (Lipinski definition) is 10. The lowest BCUT2D eigenvalue weighted by Crippen LogP contribution is -2.41. The standard InChI is InChI=1S/C64H100B2O10/c1-21-43(7)37-67-55-31-50(28-30-52-34-60(72-42-48(12)26-6)54(36-58(52)70-40-46(10)24-4)66-75-63(17,18)64(19,20)76-66)56(68-38-44(8)22-2)32-49(55)27-29-51-33-59(71-41-47(11)25-5)53(35-57(51)69-39-45(9)23-3)65-73-61(13,14)62(15,16)74-65/h27-36,43-48H,21-26,37-42H2,1-20H3/b29-27+,30-28+/t43-,44-,45-,46-,47-,48-/m0/s1. The molecule has 0 unspecified atom stereocenters. The molecule has 12 heteroatoms. The molecule has 2 saturated heterocycles. The second-order valence-electron chi connectivity index (χ2n) is 24.6. The van der Waals surface area contributed by atoms with Gasteiger partial charge in [-0.15, -0.1) is 0 Å². The van der Waals surface area contributed by atoms with Gasteiger partial charge in [-0.05, 0) is 127 Å². The van der Waals surface area contributed by atoms with Crippen molar-refractivity contribution in [3.63, 3.8) is 0 Å². The van der Waals surface area contributed by atoms with Crippen LogP contribution in [0.2, 0.25) is 0 Å². The molecule has 422 valence electrons. The Hall–Kier alpha value is -4.09. The molecule has 2 aliphatic rings. The summed E-state index contributed by atoms with van der Waals surface area (Å²) in [7, 11) is -1.27. The Morgan fingerprint density at radius 3 is 0.724 bits per heavy atom. The van der Waals surface area contributed by atoms with Crippen LogP contribution in [0.25, 0.3) is 24.3 Å². The summed E-state index contributed by atoms with van der Waals surface area (Å²) in [6, 6.07) is 12.5. The number of hydrogen-bond donors (Lipinski definition) is 0. The van der Waals surface area contributed by atoms with Gasteiger partial charge >= 0.3 is 14.2 Å². The van der Waals surface area contributed by atoms with Crippen LogP contribution in [0.15, 0.2) is 36.4 Å². The van der Waals surface area contributed by atoms with Crippen LogP contribution in [0.3, 0.4) is 0 Å². The van der Waals surface area contributed by atoms with Crippen LogP contribution in [-0.2, 0) is 18.6 Å². The largest absolute Gasteiger partial charge is 0.498 e. The van der Waals surface area contributed by atoms with Crippen molar-refractivity contribution in [3.05, 3.63) is 58.7 Å². The third kappa shape index (κ3) is 16.5. The number of ether oxygens (including phenoxy) is 6. The Morgan fingerprint density at radius 2 is 0.513 bits per heavy atom. The first-order valence-corrected chi connectivity index (χ1v) is 29.2. The fraction of sp³-hybridized carbons (Fsp3) is 0.656. The highest BCUT2D eigenvalue weighted by Gasteiger charge is 2.54. The quantitative estimate of drug-likeness (QED) is 0.0475. The summed E-state index contributed by atoms with van der Waals surface area (Å²) in [6.07, 6.45) is 14.4. The van der Waals surface area contributed by atoms with Crippen molar-refractivity contribution in [1.29, 1.82) is 0 Å². The van der Waals surface area contributed by atoms with Crippen LogP contribution in [0, 0.1) is 35.5 Å². The second-order valence-corrected chi connectivity index (χ2v) is 24.6. The summed E-state index contributed by atoms with van der Waals surface area (Å²) < 4.78 is 67.1. The van der Waals surface area contributed by atoms with E-state index in [9.17, 15) is 0 Å². The number of benzene rings is 3. The molecule has 3 aromatic carbocycles. The van der Waals surface area contributed by atoms with E-state index in [1.54, 1.807) is 0 Å². The monoisotopic (exact) mass is 1050 g/mol. The van der Waals surface area contributed by atoms with Gasteiger partial charge in [-0.1, -0.05) is 146 Å². The highest BCUT2D eigenvalue weighted by Crippen LogP contribution is 2.41. The van der Waals surface area contributed by atoms with Crippen molar-refractivity contribution < 1.29 is 47.0 Å². The SMILES string of the molecule is CC[C@H](C)COc1cc(/C=C/c2cc(OC[C@@H](C)CC)c(B3OC(C)(C)C(C)(C)O3)cc2OC[C@@H](C)CC)c(OC[C@@H](C)CC)cc1/C=C/c1cc(OC[C@@H](C)CC)c(B2OC(C)(C)C(C)(C)O2)cc1OC[C@@H](C)CC. The van der Waals surface area contributed by atoms with Gasteiger partial charge in [-0.25, -0.2) is 0 Å². The lowest BCUT2D eigenvalue weighted by Gasteiger charge is -2.32. The maximum absolute atomic E-state index is 6.81. The minimum atomic E-state index is -0.633. The molecule has 0 N–H and O–H groups in total. The average molecular weight is 1050 g/mol. The molecule has 3 aromatic rings. The van der Waals surface area contributed by atoms with Crippen molar-refractivity contribution in [2.45, 2.75) is 199 Å². The summed E-state index contributed by atoms with van der Waals surface area (Å²) in [6.45, 7) is 46.4. The summed E-state index contributed by atoms with van der Waals surface area (Å²) >= 11 is 0. The van der Waals surface area contributed by atoms with E-state index < -0.39 is 36.6 Å². The van der Waals surface area contributed by atoms with E-state index in [2.05, 4.69) is 199 Å². The molecule has 6 atom stereocenters. The Morgan fingerprint density at radius 1 is 0.329 bits per heavy atom. The lowest BCUT2D eigenvalue weighted by molar-refractivity contribution is 0.00578. The van der Waals surface area contributed by atoms with E-state index in [0.29, 0.717) is 86.6 Å². The highest BCUT2D eigenvalue weighted by molar-refractivity contribution is 6.63. The molecular weight excluding hydrogens is 950 g/mol. The van der Waals surface area contributed by atoms with Crippen LogP contribution >= 0.6 is 0 Å². The molecule has 2 heterocycles. The predicted molar refractivity (Wildman–Crippen MR) is 318 cm³/mol. The van der Waals surface area contributed by atoms with Crippen LogP contribution in [0.4, 0.5) is 0 Å². The molecule has 0 spiro atoms. The van der Waals surface area contributed by atoms with Gasteiger partial charge in [0.05, 0.1) is 62.0 Å². The normalized spacial score (nSPS) is 19.2. The highest BCUT2D eigenvalue weighted by atomic mass is 16.7. The first-order valence-electron chi connectivity index (χ1n) is 29.2. The molecule has 2 fully saturated rings. The van der Waals surface area contributed by atoms with Crippen molar-refractivity contribution >= 4 is 49.5 Å². The third-order valence-electron chi connectivity index (χ3n) is 16.6. The minimum absolute atomic E-state index is 0.340. The lowest BCUT2D eigenvalue weighted by atomic mass is 9.77. The Bertz CT molecular complexity index is 2180. The van der Waals surface area contributed by atoms with E-state index in [4.69, 9.17) is 47.0 Å². The smallest absolute Gasteiger partial charge is 0.494 e. The molecule has 0 amide bonds. The van der Waals surface area contributed by atoms with Gasteiger partial charge in [-0.3, -0.25) is 0 Å². The van der Waals surface area contributed by atoms with Crippen molar-refractivity contribution in [1.82, 2.24) is 0 Å². The third-order valence-corrected chi connectivity index (χ3v) is 16.6. The zero-order valence-corrected chi connectivity index (χ0v) is 51.0. The Labute approximate surface area is 462 Å². The summed E-state index contributed by atoms with van der Waals surface area (Å²) in [5, 5.41) is 0. The summed E-state index contributed by atoms with van der Waals surface area (Å²) in [5.74, 6) is 6.48. The Kier molecular flexibility index (Phi) is 22.8. The molecule has 0 bridgehead atoms. The maximum atomic E-state index is 6.81. The van der Waals surface area contributed by atoms with Gasteiger partial charge in [0.25, 0.3) is 0 Å². The van der Waals surface area contributed by atoms with Crippen LogP contribution < -0.4 is 39.3 Å². The van der Waals surface area contributed by atoms with E-state index in [-0.39, 0.29) is 0 Å². The average Bonchev–Trinajstić information content (AvgIpc) is 3.76. The summed E-state index contributed by atoms with van der Waals surface area (Å²) in [4.78, 5) is 0. The molecule has 5 rings (SSSR count). The zero-order chi connectivity index (χ0) is 56.2. The van der Waals surface area contributed by atoms with Gasteiger partial charge in [0, 0.05) is 33.2 Å². The van der Waals surface area contributed by atoms with E-state index in [0.717, 1.165) is 94.7 Å². The fourth-order valence-electron chi connectivity index (χ4n) is 7.81. The van der Waals surface area contributed by atoms with Crippen molar-refractivity contribution in [2.24, 2.45) is 35.5 Å². The van der Waals surface area contributed by atoms with E-state index in [1.165, 1.54) is 0 Å². The van der Waals surface area contributed by atoms with Crippen LogP contribution in [0.5, 0.6) is 34.5 Å². The molecule has 76 heavy (non-hydrogen) atoms. The van der Waals surface area contributed by atoms with Crippen LogP contribution in [-0.4, -0.2) is 76.3 Å². The Balaban J connectivity index is 1.71. The van der Waals surface area contributed by atoms with Gasteiger partial charge in [0.1, 0.15) is 34.5 Å². The molecule has 0 radical (unpaired) electrons.